The summed E-state index contributed by atoms with van der Waals surface area (Å²) in [5.41, 5.74) is 0. The van der Waals surface area contributed by atoms with E-state index in [0.717, 1.165) is 148 Å². The second kappa shape index (κ2) is 83.7. The lowest BCUT2D eigenvalue weighted by Crippen LogP contribution is -2.28. The van der Waals surface area contributed by atoms with Crippen LogP contribution in [-0.4, -0.2) is 36.4 Å². The molecule has 1 N–H and O–H groups in total. The van der Waals surface area contributed by atoms with Crippen LogP contribution in [0.15, 0.2) is 207 Å². The van der Waals surface area contributed by atoms with E-state index in [1.165, 1.54) is 161 Å². The molecule has 96 heavy (non-hydrogen) atoms. The molecule has 0 saturated heterocycles. The second-order valence-corrected chi connectivity index (χ2v) is 25.7. The molecule has 540 valence electrons. The molecule has 0 aromatic heterocycles. The zero-order valence-electron chi connectivity index (χ0n) is 62.1. The van der Waals surface area contributed by atoms with Crippen molar-refractivity contribution in [3.05, 3.63) is 207 Å². The summed E-state index contributed by atoms with van der Waals surface area (Å²) in [5.74, 6) is -0.592. The molecule has 0 heterocycles. The van der Waals surface area contributed by atoms with Gasteiger partial charge in [0, 0.05) is 12.8 Å². The van der Waals surface area contributed by atoms with Crippen LogP contribution in [-0.2, 0) is 19.1 Å². The Balaban J connectivity index is 3.52. The van der Waals surface area contributed by atoms with Crippen molar-refractivity contribution in [1.82, 2.24) is 0 Å². The second-order valence-electron chi connectivity index (χ2n) is 25.7. The van der Waals surface area contributed by atoms with E-state index < -0.39 is 6.10 Å². The Labute approximate surface area is 593 Å². The first kappa shape index (κ1) is 90.5. The number of rotatable bonds is 71. The van der Waals surface area contributed by atoms with Gasteiger partial charge in [0.15, 0.2) is 6.10 Å². The lowest BCUT2D eigenvalue weighted by atomic mass is 10.0. The number of hydrogen-bond donors (Lipinski definition) is 1. The minimum Gasteiger partial charge on any atom is -0.462 e. The van der Waals surface area contributed by atoms with Crippen molar-refractivity contribution in [3.63, 3.8) is 0 Å². The van der Waals surface area contributed by atoms with Crippen LogP contribution < -0.4 is 0 Å². The highest BCUT2D eigenvalue weighted by molar-refractivity contribution is 5.70. The molecule has 0 spiro atoms. The third-order valence-corrected chi connectivity index (χ3v) is 16.6. The topological polar surface area (TPSA) is 72.8 Å². The molecule has 5 nitrogen and oxygen atoms in total. The number of carbonyl (C=O) groups is 2. The first-order valence-electron chi connectivity index (χ1n) is 39.6. The van der Waals surface area contributed by atoms with Gasteiger partial charge in [-0.3, -0.25) is 9.59 Å². The molecule has 0 rings (SSSR count). The van der Waals surface area contributed by atoms with Gasteiger partial charge in [0.2, 0.25) is 0 Å². The molecular weight excluding hydrogens is 1170 g/mol. The molecule has 1 unspecified atom stereocenters. The normalized spacial score (nSPS) is 13.4. The highest BCUT2D eigenvalue weighted by atomic mass is 16.6. The average molecular weight is 1320 g/mol. The minimum atomic E-state index is -0.786. The van der Waals surface area contributed by atoms with Gasteiger partial charge < -0.3 is 14.6 Å². The van der Waals surface area contributed by atoms with Crippen molar-refractivity contribution in [3.8, 4) is 0 Å². The summed E-state index contributed by atoms with van der Waals surface area (Å²) in [4.78, 5) is 24.7. The summed E-state index contributed by atoms with van der Waals surface area (Å²) in [6.45, 7) is 3.92. The Bertz CT molecular complexity index is 2190. The van der Waals surface area contributed by atoms with Gasteiger partial charge in [0.25, 0.3) is 0 Å². The summed E-state index contributed by atoms with van der Waals surface area (Å²) in [5, 5.41) is 9.73. The first-order valence-corrected chi connectivity index (χ1v) is 39.6. The van der Waals surface area contributed by atoms with Crippen LogP contribution in [0.1, 0.15) is 335 Å². The Hall–Kier alpha value is -5.52. The van der Waals surface area contributed by atoms with Crippen LogP contribution in [0, 0.1) is 0 Å². The van der Waals surface area contributed by atoms with Crippen molar-refractivity contribution < 1.29 is 24.2 Å². The van der Waals surface area contributed by atoms with Gasteiger partial charge in [-0.05, 0) is 148 Å². The van der Waals surface area contributed by atoms with Crippen molar-refractivity contribution in [2.24, 2.45) is 0 Å². The van der Waals surface area contributed by atoms with Gasteiger partial charge in [-0.25, -0.2) is 0 Å². The first-order chi connectivity index (χ1) is 47.6. The third kappa shape index (κ3) is 80.9. The zero-order valence-corrected chi connectivity index (χ0v) is 62.1. The van der Waals surface area contributed by atoms with Crippen molar-refractivity contribution >= 4 is 11.9 Å². The van der Waals surface area contributed by atoms with Gasteiger partial charge >= 0.3 is 11.9 Å². The molecule has 0 saturated carbocycles. The highest BCUT2D eigenvalue weighted by Crippen LogP contribution is 2.17. The Kier molecular flexibility index (Phi) is 78.9. The van der Waals surface area contributed by atoms with Crippen LogP contribution in [0.5, 0.6) is 0 Å². The Morgan fingerprint density at radius 2 is 0.417 bits per heavy atom. The van der Waals surface area contributed by atoms with Crippen LogP contribution in [0.3, 0.4) is 0 Å². The number of carbonyl (C=O) groups excluding carboxylic acids is 2. The number of unbranched alkanes of at least 4 members (excludes halogenated alkanes) is 29. The Morgan fingerprint density at radius 3 is 0.625 bits per heavy atom. The van der Waals surface area contributed by atoms with Crippen LogP contribution in [0.25, 0.3) is 0 Å². The standard InChI is InChI=1S/C91H146O5/c1-3-5-7-9-11-13-15-17-19-21-23-25-27-29-31-33-35-37-39-41-43-45-47-49-51-53-55-57-59-61-63-65-67-69-71-73-75-77-79-81-83-85-90(93)95-88-89(87-92)96-91(94)86-84-82-80-78-76-74-72-70-68-66-64-62-60-58-56-54-52-50-48-46-44-42-40-38-36-34-32-30-28-26-24-22-20-18-16-14-12-10-8-6-4-2/h5-8,11-14,17-20,23-26,29-32,35-38,41-44,47-50,54,56,89,92H,3-4,9-10,15-16,21-22,27-28,33-34,39-40,45-46,51-53,55,57-88H2,1-2H3/b7-5-,8-6-,13-11-,14-12-,19-17-,20-18-,25-23-,26-24-,31-29-,32-30-,37-35-,38-36-,43-41-,44-42-,49-47-,50-48-,56-54-. The van der Waals surface area contributed by atoms with Crippen LogP contribution >= 0.6 is 0 Å². The van der Waals surface area contributed by atoms with E-state index >= 15 is 0 Å². The van der Waals surface area contributed by atoms with Gasteiger partial charge in [-0.1, -0.05) is 381 Å². The van der Waals surface area contributed by atoms with Gasteiger partial charge in [0.05, 0.1) is 6.61 Å². The summed E-state index contributed by atoms with van der Waals surface area (Å²) >= 11 is 0. The number of aliphatic hydroxyl groups excluding tert-OH is 1. The molecule has 0 aliphatic carbocycles. The fourth-order valence-electron chi connectivity index (χ4n) is 10.7. The lowest BCUT2D eigenvalue weighted by Gasteiger charge is -2.15. The summed E-state index contributed by atoms with van der Waals surface area (Å²) < 4.78 is 10.8. The van der Waals surface area contributed by atoms with E-state index in [1.54, 1.807) is 0 Å². The summed E-state index contributed by atoms with van der Waals surface area (Å²) in [6.07, 6.45) is 133. The quantitative estimate of drug-likeness (QED) is 0.0373. The SMILES string of the molecule is CC/C=C\C/C=C\C/C=C\C/C=C\C/C=C\C/C=C\C/C=C\C/C=C\C/C=C\CCCCCCCCCCCCCCCC(=O)OC(CO)COC(=O)CCCCCCCCCCCCCCCCCC/C=C\C/C=C\C/C=C\C/C=C\C/C=C\C/C=C\C/C=C\C/C=C\CC. The van der Waals surface area contributed by atoms with E-state index in [-0.39, 0.29) is 25.2 Å². The van der Waals surface area contributed by atoms with E-state index in [2.05, 4.69) is 220 Å². The van der Waals surface area contributed by atoms with Crippen LogP contribution in [0.4, 0.5) is 0 Å². The molecular formula is C91H146O5. The average Bonchev–Trinajstić information content (AvgIpc) is 3.79. The lowest BCUT2D eigenvalue weighted by molar-refractivity contribution is -0.161. The number of ether oxygens (including phenoxy) is 2. The molecule has 0 bridgehead atoms. The molecule has 0 aromatic carbocycles. The van der Waals surface area contributed by atoms with E-state index in [0.29, 0.717) is 12.8 Å². The molecule has 0 radical (unpaired) electrons. The molecule has 5 heteroatoms. The predicted octanol–water partition coefficient (Wildman–Crippen LogP) is 28.4. The molecule has 0 amide bonds. The minimum absolute atomic E-state index is 0.0737. The smallest absolute Gasteiger partial charge is 0.306 e. The monoisotopic (exact) mass is 1320 g/mol. The summed E-state index contributed by atoms with van der Waals surface area (Å²) in [6, 6.07) is 0. The van der Waals surface area contributed by atoms with Crippen molar-refractivity contribution in [2.75, 3.05) is 13.2 Å². The van der Waals surface area contributed by atoms with Crippen molar-refractivity contribution in [1.29, 1.82) is 0 Å². The maximum atomic E-state index is 12.4. The van der Waals surface area contributed by atoms with Crippen molar-refractivity contribution in [2.45, 2.75) is 341 Å². The largest absolute Gasteiger partial charge is 0.462 e. The fourth-order valence-corrected chi connectivity index (χ4v) is 10.7. The predicted molar refractivity (Wildman–Crippen MR) is 426 cm³/mol. The number of allylic oxidation sites excluding steroid dienone is 34. The number of esters is 2. The molecule has 1 atom stereocenters. The third-order valence-electron chi connectivity index (χ3n) is 16.6. The van der Waals surface area contributed by atoms with Gasteiger partial charge in [0.1, 0.15) is 6.61 Å². The molecule has 0 fully saturated rings. The van der Waals surface area contributed by atoms with E-state index in [4.69, 9.17) is 9.47 Å². The summed E-state index contributed by atoms with van der Waals surface area (Å²) in [7, 11) is 0. The van der Waals surface area contributed by atoms with E-state index in [1.807, 2.05) is 0 Å². The molecule has 0 aliphatic heterocycles. The zero-order chi connectivity index (χ0) is 69.0. The maximum absolute atomic E-state index is 12.4. The maximum Gasteiger partial charge on any atom is 0.306 e. The highest BCUT2D eigenvalue weighted by Gasteiger charge is 2.16. The van der Waals surface area contributed by atoms with Crippen LogP contribution in [0.2, 0.25) is 0 Å². The van der Waals surface area contributed by atoms with Gasteiger partial charge in [-0.2, -0.15) is 0 Å². The number of aliphatic hydroxyl groups is 1. The van der Waals surface area contributed by atoms with E-state index in [9.17, 15) is 14.7 Å². The molecule has 0 aliphatic rings. The fraction of sp³-hybridized carbons (Fsp3) is 0.604. The number of hydrogen-bond acceptors (Lipinski definition) is 5. The molecule has 0 aromatic rings. The Morgan fingerprint density at radius 1 is 0.240 bits per heavy atom. The van der Waals surface area contributed by atoms with Gasteiger partial charge in [-0.15, -0.1) is 0 Å².